The average molecular weight is 277 g/mol. The molecule has 0 aliphatic heterocycles. The van der Waals surface area contributed by atoms with Crippen LogP contribution in [0, 0.1) is 0 Å². The van der Waals surface area contributed by atoms with Crippen LogP contribution in [-0.4, -0.2) is 41.7 Å². The summed E-state index contributed by atoms with van der Waals surface area (Å²) in [4.78, 5) is 33.5. The van der Waals surface area contributed by atoms with Crippen LogP contribution >= 0.6 is 0 Å². The van der Waals surface area contributed by atoms with Crippen molar-refractivity contribution in [3.05, 3.63) is 0 Å². The summed E-state index contributed by atoms with van der Waals surface area (Å²) in [6.07, 6.45) is -1.85. The summed E-state index contributed by atoms with van der Waals surface area (Å²) >= 11 is 0. The maximum absolute atomic E-state index is 13.3. The van der Waals surface area contributed by atoms with Gasteiger partial charge in [-0.25, -0.2) is 4.79 Å². The summed E-state index contributed by atoms with van der Waals surface area (Å²) in [6, 6.07) is 0. The molecule has 0 aromatic carbocycles. The van der Waals surface area contributed by atoms with Crippen molar-refractivity contribution in [1.29, 1.82) is 0 Å². The van der Waals surface area contributed by atoms with Crippen LogP contribution < -0.4 is 0 Å². The van der Waals surface area contributed by atoms with Gasteiger partial charge in [-0.2, -0.15) is 0 Å². The van der Waals surface area contributed by atoms with Crippen molar-refractivity contribution in [3.63, 3.8) is 0 Å². The Morgan fingerprint density at radius 2 is 1.79 bits per heavy atom. The zero-order chi connectivity index (χ0) is 15.1. The Balaban J connectivity index is 4.02. The predicted octanol–water partition coefficient (Wildman–Crippen LogP) is 2.02. The number of Topliss-reactive ketones (excluding diaryl/α,β-unsaturated/α-hetero) is 1. The first-order chi connectivity index (χ1) is 8.65. The van der Waals surface area contributed by atoms with Gasteiger partial charge in [0, 0.05) is 6.42 Å². The summed E-state index contributed by atoms with van der Waals surface area (Å²) in [5.74, 6) is -1.15. The summed E-state index contributed by atoms with van der Waals surface area (Å²) in [7, 11) is 0. The monoisotopic (exact) mass is 277 g/mol. The number of hydrogen-bond acceptors (Lipinski definition) is 5. The lowest BCUT2D eigenvalue weighted by molar-refractivity contribution is -0.145. The van der Waals surface area contributed by atoms with E-state index in [1.807, 2.05) is 0 Å². The fourth-order valence-corrected chi connectivity index (χ4v) is 1.09. The molecule has 0 aromatic heterocycles. The molecule has 0 heterocycles. The SMILES string of the molecule is CCOC(=O)CC(=O)CCN(F)C(=O)OC(C)(C)C. The van der Waals surface area contributed by atoms with Gasteiger partial charge in [-0.3, -0.25) is 9.59 Å². The zero-order valence-corrected chi connectivity index (χ0v) is 11.7. The van der Waals surface area contributed by atoms with Gasteiger partial charge >= 0.3 is 12.1 Å². The molecule has 19 heavy (non-hydrogen) atoms. The standard InChI is InChI=1S/C12H20FNO5/c1-5-18-10(16)8-9(15)6-7-14(13)11(17)19-12(2,3)4/h5-8H2,1-4H3. The van der Waals surface area contributed by atoms with E-state index in [1.165, 1.54) is 0 Å². The lowest BCUT2D eigenvalue weighted by Crippen LogP contribution is -2.33. The molecule has 1 amide bonds. The fourth-order valence-electron chi connectivity index (χ4n) is 1.09. The summed E-state index contributed by atoms with van der Waals surface area (Å²) in [5.41, 5.74) is -0.809. The van der Waals surface area contributed by atoms with Gasteiger partial charge in [-0.15, -0.1) is 5.12 Å². The van der Waals surface area contributed by atoms with Crippen LogP contribution in [-0.2, 0) is 19.1 Å². The molecule has 0 aromatic rings. The molecule has 110 valence electrons. The van der Waals surface area contributed by atoms with Crippen molar-refractivity contribution in [2.45, 2.75) is 46.1 Å². The van der Waals surface area contributed by atoms with Gasteiger partial charge in [0.05, 0.1) is 13.2 Å². The molecule has 0 saturated carbocycles. The van der Waals surface area contributed by atoms with Crippen LogP contribution in [0.15, 0.2) is 0 Å². The Bertz CT molecular complexity index is 338. The minimum atomic E-state index is -1.16. The van der Waals surface area contributed by atoms with Gasteiger partial charge in [0.1, 0.15) is 17.8 Å². The predicted molar refractivity (Wildman–Crippen MR) is 64.9 cm³/mol. The number of carbonyl (C=O) groups excluding carboxylic acids is 3. The second-order valence-electron chi connectivity index (χ2n) is 4.84. The van der Waals surface area contributed by atoms with Gasteiger partial charge in [-0.1, -0.05) is 4.48 Å². The molecule has 0 bridgehead atoms. The van der Waals surface area contributed by atoms with E-state index in [0.717, 1.165) is 0 Å². The Morgan fingerprint density at radius 1 is 1.21 bits per heavy atom. The number of ether oxygens (including phenoxy) is 2. The summed E-state index contributed by atoms with van der Waals surface area (Å²) < 4.78 is 22.6. The summed E-state index contributed by atoms with van der Waals surface area (Å²) in [5, 5.41) is -0.186. The number of hydrogen-bond donors (Lipinski definition) is 0. The van der Waals surface area contributed by atoms with Gasteiger partial charge in [-0.05, 0) is 27.7 Å². The number of esters is 1. The van der Waals surface area contributed by atoms with Crippen LogP contribution in [0.3, 0.4) is 0 Å². The molecule has 0 aliphatic rings. The van der Waals surface area contributed by atoms with Crippen molar-refractivity contribution in [2.75, 3.05) is 13.2 Å². The number of nitrogens with zero attached hydrogens (tertiary/aromatic N) is 1. The van der Waals surface area contributed by atoms with Crippen LogP contribution in [0.5, 0.6) is 0 Å². The van der Waals surface area contributed by atoms with Crippen molar-refractivity contribution >= 4 is 17.8 Å². The Morgan fingerprint density at radius 3 is 2.26 bits per heavy atom. The van der Waals surface area contributed by atoms with Crippen molar-refractivity contribution in [1.82, 2.24) is 5.12 Å². The average Bonchev–Trinajstić information content (AvgIpc) is 2.23. The van der Waals surface area contributed by atoms with E-state index in [2.05, 4.69) is 4.74 Å². The molecule has 0 saturated heterocycles. The lowest BCUT2D eigenvalue weighted by Gasteiger charge is -2.21. The molecular weight excluding hydrogens is 257 g/mol. The van der Waals surface area contributed by atoms with Crippen LogP contribution in [0.1, 0.15) is 40.5 Å². The highest BCUT2D eigenvalue weighted by molar-refractivity contribution is 5.95. The molecule has 7 heteroatoms. The third-order valence-electron chi connectivity index (χ3n) is 1.83. The topological polar surface area (TPSA) is 72.9 Å². The minimum absolute atomic E-state index is 0.180. The van der Waals surface area contributed by atoms with Crippen LogP contribution in [0.2, 0.25) is 0 Å². The normalized spacial score (nSPS) is 10.8. The van der Waals surface area contributed by atoms with E-state index in [4.69, 9.17) is 4.74 Å². The second kappa shape index (κ2) is 7.70. The number of carbonyl (C=O) groups is 3. The van der Waals surface area contributed by atoms with Gasteiger partial charge < -0.3 is 9.47 Å². The number of halogens is 1. The van der Waals surface area contributed by atoms with Gasteiger partial charge in [0.25, 0.3) is 0 Å². The quantitative estimate of drug-likeness (QED) is 0.422. The van der Waals surface area contributed by atoms with E-state index in [1.54, 1.807) is 27.7 Å². The highest BCUT2D eigenvalue weighted by Crippen LogP contribution is 2.10. The molecule has 0 N–H and O–H groups in total. The first kappa shape index (κ1) is 17.3. The number of rotatable bonds is 6. The van der Waals surface area contributed by atoms with Crippen LogP contribution in [0.25, 0.3) is 0 Å². The maximum atomic E-state index is 13.3. The Kier molecular flexibility index (Phi) is 7.03. The lowest BCUT2D eigenvalue weighted by atomic mass is 10.2. The zero-order valence-electron chi connectivity index (χ0n) is 11.7. The van der Waals surface area contributed by atoms with E-state index in [-0.39, 0.29) is 18.1 Å². The maximum Gasteiger partial charge on any atom is 0.438 e. The fraction of sp³-hybridized carbons (Fsp3) is 0.750. The Hall–Kier alpha value is -1.66. The number of ketones is 1. The molecule has 0 spiro atoms. The molecule has 0 fully saturated rings. The molecule has 0 rings (SSSR count). The van der Waals surface area contributed by atoms with E-state index in [0.29, 0.717) is 0 Å². The molecule has 0 aliphatic carbocycles. The summed E-state index contributed by atoms with van der Waals surface area (Å²) in [6.45, 7) is 6.15. The first-order valence-electron chi connectivity index (χ1n) is 5.99. The molecule has 6 nitrogen and oxygen atoms in total. The van der Waals surface area contributed by atoms with Crippen LogP contribution in [0.4, 0.5) is 9.28 Å². The van der Waals surface area contributed by atoms with E-state index >= 15 is 0 Å². The third kappa shape index (κ3) is 8.98. The highest BCUT2D eigenvalue weighted by atomic mass is 19.2. The van der Waals surface area contributed by atoms with Crippen molar-refractivity contribution in [2.24, 2.45) is 0 Å². The molecule has 0 unspecified atom stereocenters. The second-order valence-corrected chi connectivity index (χ2v) is 4.84. The Labute approximate surface area is 111 Å². The third-order valence-corrected chi connectivity index (χ3v) is 1.83. The largest absolute Gasteiger partial charge is 0.466 e. The molecular formula is C12H20FNO5. The first-order valence-corrected chi connectivity index (χ1v) is 5.99. The van der Waals surface area contributed by atoms with Gasteiger partial charge in [0.15, 0.2) is 0 Å². The van der Waals surface area contributed by atoms with Crippen molar-refractivity contribution < 1.29 is 28.3 Å². The molecule has 0 atom stereocenters. The molecule has 0 radical (unpaired) electrons. The van der Waals surface area contributed by atoms with Gasteiger partial charge in [0.2, 0.25) is 0 Å². The van der Waals surface area contributed by atoms with E-state index in [9.17, 15) is 18.9 Å². The number of amides is 1. The minimum Gasteiger partial charge on any atom is -0.466 e. The highest BCUT2D eigenvalue weighted by Gasteiger charge is 2.23. The van der Waals surface area contributed by atoms with E-state index < -0.39 is 36.4 Å². The van der Waals surface area contributed by atoms with Crippen molar-refractivity contribution in [3.8, 4) is 0 Å². The smallest absolute Gasteiger partial charge is 0.438 e.